The standard InChI is InChI=1S/C24H27F3N6O3/c1-36-18-7-6-15(25)10-17(18)23(35)30-12-13-2-4-14(5-3-13)20-19(22(29)34)21(28)33(32-20)16-8-9-31-24(26,27)11-16/h2-4,6-7,10,14,16,31H,5,8-9,11-12,28H2,1H3,(H2,29,34)(H,30,35). The third-order valence-corrected chi connectivity index (χ3v) is 6.31. The van der Waals surface area contributed by atoms with Crippen LogP contribution in [0.4, 0.5) is 19.0 Å². The van der Waals surface area contributed by atoms with Crippen molar-refractivity contribution in [2.75, 3.05) is 25.9 Å². The maximum atomic E-state index is 13.9. The van der Waals surface area contributed by atoms with Gasteiger partial charge in [-0.15, -0.1) is 0 Å². The maximum Gasteiger partial charge on any atom is 0.304 e. The number of carbonyl (C=O) groups excluding carboxylic acids is 2. The van der Waals surface area contributed by atoms with Crippen molar-refractivity contribution >= 4 is 17.6 Å². The van der Waals surface area contributed by atoms with Crippen molar-refractivity contribution in [2.24, 2.45) is 5.73 Å². The highest BCUT2D eigenvalue weighted by Gasteiger charge is 2.39. The molecule has 9 nitrogen and oxygen atoms in total. The van der Waals surface area contributed by atoms with Crippen LogP contribution in [0.15, 0.2) is 42.0 Å². The minimum atomic E-state index is -3.06. The van der Waals surface area contributed by atoms with Gasteiger partial charge in [0, 0.05) is 25.4 Å². The molecule has 0 bridgehead atoms. The summed E-state index contributed by atoms with van der Waals surface area (Å²) in [5.74, 6) is -1.97. The number of piperidine rings is 1. The second-order valence-corrected chi connectivity index (χ2v) is 8.74. The molecule has 0 radical (unpaired) electrons. The van der Waals surface area contributed by atoms with Gasteiger partial charge in [-0.2, -0.15) is 13.9 Å². The second kappa shape index (κ2) is 10.1. The fourth-order valence-electron chi connectivity index (χ4n) is 4.49. The van der Waals surface area contributed by atoms with Gasteiger partial charge in [0.1, 0.15) is 22.9 Å². The van der Waals surface area contributed by atoms with Gasteiger partial charge in [0.25, 0.3) is 11.8 Å². The van der Waals surface area contributed by atoms with Crippen molar-refractivity contribution in [2.45, 2.75) is 37.3 Å². The van der Waals surface area contributed by atoms with Crippen molar-refractivity contribution in [3.8, 4) is 5.75 Å². The summed E-state index contributed by atoms with van der Waals surface area (Å²) >= 11 is 0. The molecule has 1 aliphatic carbocycles. The lowest BCUT2D eigenvalue weighted by molar-refractivity contribution is -0.0726. The van der Waals surface area contributed by atoms with Gasteiger partial charge in [-0.25, -0.2) is 9.07 Å². The number of anilines is 1. The lowest BCUT2D eigenvalue weighted by Crippen LogP contribution is -2.44. The molecule has 1 saturated heterocycles. The summed E-state index contributed by atoms with van der Waals surface area (Å²) in [6, 6.07) is -0.0635. The number of nitrogen functional groups attached to an aromatic ring is 1. The van der Waals surface area contributed by atoms with Crippen LogP contribution in [-0.2, 0) is 0 Å². The summed E-state index contributed by atoms with van der Waals surface area (Å²) < 4.78 is 47.7. The number of rotatable bonds is 7. The number of primary amides is 1. The Labute approximate surface area is 205 Å². The molecule has 2 heterocycles. The van der Waals surface area contributed by atoms with Gasteiger partial charge < -0.3 is 21.5 Å². The van der Waals surface area contributed by atoms with Crippen LogP contribution in [0.5, 0.6) is 5.75 Å². The van der Waals surface area contributed by atoms with Gasteiger partial charge in [0.05, 0.1) is 24.4 Å². The highest BCUT2D eigenvalue weighted by Crippen LogP contribution is 2.36. The first-order valence-electron chi connectivity index (χ1n) is 11.4. The minimum absolute atomic E-state index is 0.0230. The van der Waals surface area contributed by atoms with Crippen molar-refractivity contribution in [1.82, 2.24) is 20.4 Å². The van der Waals surface area contributed by atoms with E-state index in [1.54, 1.807) is 12.2 Å². The number of aromatic nitrogens is 2. The van der Waals surface area contributed by atoms with Crippen LogP contribution < -0.4 is 26.8 Å². The molecule has 0 saturated carbocycles. The second-order valence-electron chi connectivity index (χ2n) is 8.74. The maximum absolute atomic E-state index is 13.9. The van der Waals surface area contributed by atoms with Crippen molar-refractivity contribution < 1.29 is 27.5 Å². The van der Waals surface area contributed by atoms with Gasteiger partial charge in [-0.3, -0.25) is 14.9 Å². The molecule has 1 aliphatic heterocycles. The number of nitrogens with one attached hydrogen (secondary N) is 2. The fourth-order valence-corrected chi connectivity index (χ4v) is 4.49. The summed E-state index contributed by atoms with van der Waals surface area (Å²) in [5.41, 5.74) is 12.9. The van der Waals surface area contributed by atoms with Gasteiger partial charge in [-0.1, -0.05) is 18.2 Å². The Morgan fingerprint density at radius 2 is 2.14 bits per heavy atom. The normalized spacial score (nSPS) is 21.1. The molecule has 4 rings (SSSR count). The minimum Gasteiger partial charge on any atom is -0.496 e. The van der Waals surface area contributed by atoms with Gasteiger partial charge in [-0.05, 0) is 36.6 Å². The number of hydrogen-bond donors (Lipinski definition) is 4. The molecule has 2 aromatic rings. The van der Waals surface area contributed by atoms with Crippen molar-refractivity contribution in [3.63, 3.8) is 0 Å². The van der Waals surface area contributed by atoms with Gasteiger partial charge in [0.15, 0.2) is 0 Å². The number of alkyl halides is 2. The Bertz CT molecular complexity index is 1240. The van der Waals surface area contributed by atoms with E-state index in [9.17, 15) is 22.8 Å². The van der Waals surface area contributed by atoms with E-state index in [2.05, 4.69) is 15.7 Å². The predicted molar refractivity (Wildman–Crippen MR) is 126 cm³/mol. The Hall–Kier alpha value is -3.80. The quantitative estimate of drug-likeness (QED) is 0.428. The van der Waals surface area contributed by atoms with E-state index in [0.717, 1.165) is 11.6 Å². The average molecular weight is 505 g/mol. The van der Waals surface area contributed by atoms with E-state index in [4.69, 9.17) is 16.2 Å². The first-order valence-corrected chi connectivity index (χ1v) is 11.4. The molecule has 1 aromatic carbocycles. The van der Waals surface area contributed by atoms with Crippen molar-refractivity contribution in [3.05, 3.63) is 64.6 Å². The zero-order chi connectivity index (χ0) is 26.0. The Morgan fingerprint density at radius 3 is 2.78 bits per heavy atom. The smallest absolute Gasteiger partial charge is 0.304 e. The van der Waals surface area contributed by atoms with Gasteiger partial charge >= 0.3 is 6.05 Å². The van der Waals surface area contributed by atoms with Crippen LogP contribution in [0.2, 0.25) is 0 Å². The highest BCUT2D eigenvalue weighted by molar-refractivity contribution is 5.99. The SMILES string of the molecule is COc1ccc(F)cc1C(=O)NCC1=CCC(c2nn(C3CCNC(F)(F)C3)c(N)c2C(N)=O)C=C1. The summed E-state index contributed by atoms with van der Waals surface area (Å²) in [5, 5.41) is 9.31. The van der Waals surface area contributed by atoms with Crippen molar-refractivity contribution in [1.29, 1.82) is 0 Å². The van der Waals surface area contributed by atoms with Gasteiger partial charge in [0.2, 0.25) is 0 Å². The van der Waals surface area contributed by atoms with Crippen LogP contribution in [0.3, 0.4) is 0 Å². The van der Waals surface area contributed by atoms with Crippen LogP contribution in [0, 0.1) is 5.82 Å². The molecular formula is C24H27F3N6O3. The van der Waals surface area contributed by atoms with E-state index in [-0.39, 0.29) is 41.7 Å². The van der Waals surface area contributed by atoms with Crippen LogP contribution >= 0.6 is 0 Å². The molecule has 2 aliphatic rings. The zero-order valence-electron chi connectivity index (χ0n) is 19.6. The number of amides is 2. The molecule has 36 heavy (non-hydrogen) atoms. The Balaban J connectivity index is 1.47. The Morgan fingerprint density at radius 1 is 1.36 bits per heavy atom. The number of ether oxygens (including phenoxy) is 1. The molecule has 192 valence electrons. The molecular weight excluding hydrogens is 477 g/mol. The molecule has 2 atom stereocenters. The number of carbonyl (C=O) groups is 2. The number of allylic oxidation sites excluding steroid dienone is 2. The number of benzene rings is 1. The lowest BCUT2D eigenvalue weighted by atomic mass is 9.91. The van der Waals surface area contributed by atoms with Crippen LogP contribution in [-0.4, -0.2) is 47.8 Å². The number of halogens is 3. The zero-order valence-corrected chi connectivity index (χ0v) is 19.6. The molecule has 2 unspecified atom stereocenters. The van der Waals surface area contributed by atoms with E-state index < -0.39 is 36.1 Å². The largest absolute Gasteiger partial charge is 0.496 e. The first-order chi connectivity index (χ1) is 17.1. The summed E-state index contributed by atoms with van der Waals surface area (Å²) in [6.07, 6.45) is 5.70. The number of hydrogen-bond acceptors (Lipinski definition) is 6. The number of nitrogens with two attached hydrogens (primary N) is 2. The topological polar surface area (TPSA) is 137 Å². The van der Waals surface area contributed by atoms with E-state index in [1.807, 2.05) is 6.08 Å². The summed E-state index contributed by atoms with van der Waals surface area (Å²) in [4.78, 5) is 24.7. The average Bonchev–Trinajstić information content (AvgIpc) is 3.19. The predicted octanol–water partition coefficient (Wildman–Crippen LogP) is 2.63. The first kappa shape index (κ1) is 25.3. The molecule has 6 N–H and O–H groups in total. The third-order valence-electron chi connectivity index (χ3n) is 6.31. The lowest BCUT2D eigenvalue weighted by Gasteiger charge is -2.30. The van der Waals surface area contributed by atoms with Crippen LogP contribution in [0.1, 0.15) is 57.6 Å². The Kier molecular flexibility index (Phi) is 7.07. The molecule has 1 aromatic heterocycles. The van der Waals surface area contributed by atoms with E-state index in [0.29, 0.717) is 18.5 Å². The van der Waals surface area contributed by atoms with E-state index >= 15 is 0 Å². The van der Waals surface area contributed by atoms with Crippen LogP contribution in [0.25, 0.3) is 0 Å². The summed E-state index contributed by atoms with van der Waals surface area (Å²) in [6.45, 7) is 0.256. The highest BCUT2D eigenvalue weighted by atomic mass is 19.3. The molecule has 2 amide bonds. The molecule has 0 spiro atoms. The molecule has 12 heteroatoms. The number of nitrogens with zero attached hydrogens (tertiary/aromatic N) is 2. The number of methoxy groups -OCH3 is 1. The van der Waals surface area contributed by atoms with E-state index in [1.165, 1.54) is 23.9 Å². The monoisotopic (exact) mass is 504 g/mol. The summed E-state index contributed by atoms with van der Waals surface area (Å²) in [7, 11) is 1.39. The molecule has 1 fully saturated rings. The third kappa shape index (κ3) is 5.23. The fraction of sp³-hybridized carbons (Fsp3) is 0.375.